The highest BCUT2D eigenvalue weighted by molar-refractivity contribution is 5.33. The average Bonchev–Trinajstić information content (AvgIpc) is 3.04. The highest BCUT2D eigenvalue weighted by Crippen LogP contribution is 2.12. The Balaban J connectivity index is 1.88. The number of nitrogens with one attached hydrogen (secondary N) is 1. The summed E-state index contributed by atoms with van der Waals surface area (Å²) in [7, 11) is 0. The van der Waals surface area contributed by atoms with Crippen LogP contribution in [0.15, 0.2) is 24.7 Å². The first-order valence-electron chi connectivity index (χ1n) is 7.38. The fourth-order valence-corrected chi connectivity index (χ4v) is 2.03. The van der Waals surface area contributed by atoms with Crippen LogP contribution in [0.2, 0.25) is 0 Å². The molecule has 20 heavy (non-hydrogen) atoms. The van der Waals surface area contributed by atoms with Gasteiger partial charge >= 0.3 is 0 Å². The largest absolute Gasteiger partial charge is 0.364 e. The van der Waals surface area contributed by atoms with Crippen molar-refractivity contribution in [1.82, 2.24) is 19.6 Å². The Morgan fingerprint density at radius 3 is 2.80 bits per heavy atom. The zero-order valence-electron chi connectivity index (χ0n) is 12.9. The maximum atomic E-state index is 4.53. The molecule has 2 aromatic rings. The third-order valence-electron chi connectivity index (χ3n) is 3.36. The summed E-state index contributed by atoms with van der Waals surface area (Å²) in [6, 6.07) is 2.46. The summed E-state index contributed by atoms with van der Waals surface area (Å²) in [5, 5.41) is 12.2. The molecule has 1 unspecified atom stereocenters. The summed E-state index contributed by atoms with van der Waals surface area (Å²) in [5.74, 6) is 1.53. The summed E-state index contributed by atoms with van der Waals surface area (Å²) >= 11 is 0. The number of rotatable bonds is 7. The SMILES string of the molecule is CCC(C)n1ccc(NCc2cnn(CC(C)C)c2)n1. The van der Waals surface area contributed by atoms with Crippen molar-refractivity contribution in [3.63, 3.8) is 0 Å². The summed E-state index contributed by atoms with van der Waals surface area (Å²) < 4.78 is 4.00. The van der Waals surface area contributed by atoms with Crippen LogP contribution in [0, 0.1) is 5.92 Å². The maximum Gasteiger partial charge on any atom is 0.148 e. The smallest absolute Gasteiger partial charge is 0.148 e. The van der Waals surface area contributed by atoms with Crippen LogP contribution < -0.4 is 5.32 Å². The van der Waals surface area contributed by atoms with Gasteiger partial charge in [0.25, 0.3) is 0 Å². The number of anilines is 1. The Kier molecular flexibility index (Phi) is 4.82. The molecule has 5 nitrogen and oxygen atoms in total. The fraction of sp³-hybridized carbons (Fsp3) is 0.600. The van der Waals surface area contributed by atoms with Crippen molar-refractivity contribution in [2.45, 2.75) is 53.2 Å². The molecule has 0 saturated carbocycles. The molecule has 2 aromatic heterocycles. The maximum absolute atomic E-state index is 4.53. The molecule has 110 valence electrons. The first-order valence-corrected chi connectivity index (χ1v) is 7.38. The first kappa shape index (κ1) is 14.6. The Labute approximate surface area is 121 Å². The lowest BCUT2D eigenvalue weighted by atomic mass is 10.2. The van der Waals surface area contributed by atoms with Crippen molar-refractivity contribution in [2.24, 2.45) is 5.92 Å². The van der Waals surface area contributed by atoms with Crippen molar-refractivity contribution in [3.05, 3.63) is 30.2 Å². The zero-order chi connectivity index (χ0) is 14.5. The molecule has 0 aliphatic rings. The molecule has 0 aliphatic heterocycles. The lowest BCUT2D eigenvalue weighted by Crippen LogP contribution is -2.06. The molecular weight excluding hydrogens is 250 g/mol. The van der Waals surface area contributed by atoms with E-state index >= 15 is 0 Å². The van der Waals surface area contributed by atoms with Gasteiger partial charge < -0.3 is 5.32 Å². The van der Waals surface area contributed by atoms with Crippen molar-refractivity contribution in [1.29, 1.82) is 0 Å². The van der Waals surface area contributed by atoms with Gasteiger partial charge in [-0.2, -0.15) is 10.2 Å². The monoisotopic (exact) mass is 275 g/mol. The van der Waals surface area contributed by atoms with Gasteiger partial charge in [-0.3, -0.25) is 9.36 Å². The summed E-state index contributed by atoms with van der Waals surface area (Å²) in [5.41, 5.74) is 1.18. The fourth-order valence-electron chi connectivity index (χ4n) is 2.03. The number of aromatic nitrogens is 4. The molecule has 0 fully saturated rings. The van der Waals surface area contributed by atoms with E-state index in [-0.39, 0.29) is 0 Å². The second-order valence-electron chi connectivity index (χ2n) is 5.76. The highest BCUT2D eigenvalue weighted by atomic mass is 15.3. The third kappa shape index (κ3) is 3.85. The van der Waals surface area contributed by atoms with Crippen molar-refractivity contribution < 1.29 is 0 Å². The van der Waals surface area contributed by atoms with Crippen LogP contribution in [-0.4, -0.2) is 19.6 Å². The minimum absolute atomic E-state index is 0.444. The summed E-state index contributed by atoms with van der Waals surface area (Å²) in [6.07, 6.45) is 7.13. The summed E-state index contributed by atoms with van der Waals surface area (Å²) in [6.45, 7) is 10.5. The van der Waals surface area contributed by atoms with E-state index in [9.17, 15) is 0 Å². The van der Waals surface area contributed by atoms with Crippen LogP contribution >= 0.6 is 0 Å². The minimum atomic E-state index is 0.444. The Hall–Kier alpha value is -1.78. The Morgan fingerprint density at radius 2 is 2.10 bits per heavy atom. The minimum Gasteiger partial charge on any atom is -0.364 e. The molecule has 0 bridgehead atoms. The zero-order valence-corrected chi connectivity index (χ0v) is 12.9. The number of hydrogen-bond acceptors (Lipinski definition) is 3. The van der Waals surface area contributed by atoms with Gasteiger partial charge in [0, 0.05) is 43.2 Å². The average molecular weight is 275 g/mol. The van der Waals surface area contributed by atoms with Gasteiger partial charge in [0.2, 0.25) is 0 Å². The van der Waals surface area contributed by atoms with E-state index in [1.807, 2.05) is 27.8 Å². The quantitative estimate of drug-likeness (QED) is 0.843. The van der Waals surface area contributed by atoms with Crippen LogP contribution in [0.4, 0.5) is 5.82 Å². The first-order chi connectivity index (χ1) is 9.58. The molecule has 2 heterocycles. The second kappa shape index (κ2) is 6.59. The van der Waals surface area contributed by atoms with Crippen LogP contribution in [0.3, 0.4) is 0 Å². The molecule has 0 amide bonds. The van der Waals surface area contributed by atoms with Gasteiger partial charge in [-0.15, -0.1) is 0 Å². The second-order valence-corrected chi connectivity index (χ2v) is 5.76. The van der Waals surface area contributed by atoms with Gasteiger partial charge in [0.05, 0.1) is 6.20 Å². The van der Waals surface area contributed by atoms with Gasteiger partial charge in [-0.05, 0) is 19.3 Å². The molecule has 0 spiro atoms. The van der Waals surface area contributed by atoms with Gasteiger partial charge in [-0.1, -0.05) is 20.8 Å². The molecule has 0 saturated heterocycles. The van der Waals surface area contributed by atoms with E-state index < -0.39 is 0 Å². The van der Waals surface area contributed by atoms with Crippen LogP contribution in [0.25, 0.3) is 0 Å². The van der Waals surface area contributed by atoms with Gasteiger partial charge in [0.1, 0.15) is 5.82 Å². The van der Waals surface area contributed by atoms with E-state index in [1.165, 1.54) is 5.56 Å². The predicted octanol–water partition coefficient (Wildman–Crippen LogP) is 3.32. The van der Waals surface area contributed by atoms with Crippen LogP contribution in [-0.2, 0) is 13.1 Å². The molecule has 1 atom stereocenters. The standard InChI is InChI=1S/C15H25N5/c1-5-13(4)20-7-6-15(18-20)16-8-14-9-17-19(11-14)10-12(2)3/h6-7,9,11-13H,5,8,10H2,1-4H3,(H,16,18). The van der Waals surface area contributed by atoms with E-state index in [1.54, 1.807) is 0 Å². The van der Waals surface area contributed by atoms with E-state index in [2.05, 4.69) is 49.4 Å². The number of hydrogen-bond donors (Lipinski definition) is 1. The highest BCUT2D eigenvalue weighted by Gasteiger charge is 2.05. The van der Waals surface area contributed by atoms with Crippen molar-refractivity contribution in [3.8, 4) is 0 Å². The van der Waals surface area contributed by atoms with Crippen molar-refractivity contribution >= 4 is 5.82 Å². The Bertz CT molecular complexity index is 526. The van der Waals surface area contributed by atoms with E-state index in [0.717, 1.165) is 25.3 Å². The lowest BCUT2D eigenvalue weighted by molar-refractivity contribution is 0.479. The molecular formula is C15H25N5. The molecule has 1 N–H and O–H groups in total. The number of nitrogens with zero attached hydrogens (tertiary/aromatic N) is 4. The predicted molar refractivity (Wildman–Crippen MR) is 81.6 cm³/mol. The summed E-state index contributed by atoms with van der Waals surface area (Å²) in [4.78, 5) is 0. The lowest BCUT2D eigenvalue weighted by Gasteiger charge is -2.08. The normalized spacial score (nSPS) is 12.8. The van der Waals surface area contributed by atoms with Gasteiger partial charge in [0.15, 0.2) is 0 Å². The van der Waals surface area contributed by atoms with Crippen molar-refractivity contribution in [2.75, 3.05) is 5.32 Å². The third-order valence-corrected chi connectivity index (χ3v) is 3.36. The van der Waals surface area contributed by atoms with Crippen LogP contribution in [0.5, 0.6) is 0 Å². The molecule has 0 aromatic carbocycles. The molecule has 0 aliphatic carbocycles. The molecule has 0 radical (unpaired) electrons. The topological polar surface area (TPSA) is 47.7 Å². The van der Waals surface area contributed by atoms with Gasteiger partial charge in [-0.25, -0.2) is 0 Å². The molecule has 2 rings (SSSR count). The van der Waals surface area contributed by atoms with E-state index in [4.69, 9.17) is 0 Å². The van der Waals surface area contributed by atoms with Crippen LogP contribution in [0.1, 0.15) is 45.7 Å². The molecule has 5 heteroatoms. The Morgan fingerprint density at radius 1 is 1.30 bits per heavy atom. The van der Waals surface area contributed by atoms with E-state index in [0.29, 0.717) is 12.0 Å².